The van der Waals surface area contributed by atoms with Crippen LogP contribution < -0.4 is 10.7 Å². The summed E-state index contributed by atoms with van der Waals surface area (Å²) >= 11 is 5.73. The zero-order valence-corrected chi connectivity index (χ0v) is 13.1. The minimum atomic E-state index is -0.517. The first-order valence-electron chi connectivity index (χ1n) is 6.83. The van der Waals surface area contributed by atoms with E-state index in [1.165, 1.54) is 24.4 Å². The molecule has 2 aromatic rings. The molecule has 0 spiro atoms. The zero-order chi connectivity index (χ0) is 17.5. The highest BCUT2D eigenvalue weighted by atomic mass is 35.5. The van der Waals surface area contributed by atoms with Crippen molar-refractivity contribution in [3.8, 4) is 11.5 Å². The second-order valence-corrected chi connectivity index (χ2v) is 5.17. The molecule has 0 saturated heterocycles. The lowest BCUT2D eigenvalue weighted by molar-refractivity contribution is -0.120. The molecule has 0 aliphatic carbocycles. The zero-order valence-electron chi connectivity index (χ0n) is 12.4. The Morgan fingerprint density at radius 1 is 1.08 bits per heavy atom. The highest BCUT2D eigenvalue weighted by Crippen LogP contribution is 2.23. The molecule has 7 nitrogen and oxygen atoms in total. The summed E-state index contributed by atoms with van der Waals surface area (Å²) in [7, 11) is 0. The molecule has 0 saturated carbocycles. The van der Waals surface area contributed by atoms with Gasteiger partial charge in [-0.3, -0.25) is 9.59 Å². The third-order valence-corrected chi connectivity index (χ3v) is 3.17. The van der Waals surface area contributed by atoms with Crippen LogP contribution in [0.5, 0.6) is 11.5 Å². The Bertz CT molecular complexity index is 775. The Balaban J connectivity index is 1.80. The molecule has 0 aromatic heterocycles. The SMILES string of the molecule is O=C(CNC(=O)c1ccc(Cl)cc1)NN=Cc1ccc(O)c(O)c1. The molecule has 0 heterocycles. The van der Waals surface area contributed by atoms with Gasteiger partial charge in [-0.15, -0.1) is 0 Å². The van der Waals surface area contributed by atoms with Gasteiger partial charge in [0, 0.05) is 10.6 Å². The normalized spacial score (nSPS) is 10.5. The Labute approximate surface area is 142 Å². The fourth-order valence-corrected chi connectivity index (χ4v) is 1.83. The van der Waals surface area contributed by atoms with Crippen molar-refractivity contribution in [1.82, 2.24) is 10.7 Å². The van der Waals surface area contributed by atoms with Crippen molar-refractivity contribution < 1.29 is 19.8 Å². The van der Waals surface area contributed by atoms with Crippen molar-refractivity contribution in [2.75, 3.05) is 6.54 Å². The van der Waals surface area contributed by atoms with Crippen molar-refractivity contribution in [3.63, 3.8) is 0 Å². The lowest BCUT2D eigenvalue weighted by Crippen LogP contribution is -2.34. The van der Waals surface area contributed by atoms with E-state index < -0.39 is 11.8 Å². The van der Waals surface area contributed by atoms with Gasteiger partial charge in [0.25, 0.3) is 11.8 Å². The highest BCUT2D eigenvalue weighted by molar-refractivity contribution is 6.30. The van der Waals surface area contributed by atoms with Crippen LogP contribution in [0.3, 0.4) is 0 Å². The van der Waals surface area contributed by atoms with E-state index in [1.807, 2.05) is 0 Å². The summed E-state index contributed by atoms with van der Waals surface area (Å²) in [4.78, 5) is 23.4. The number of phenols is 2. The topological polar surface area (TPSA) is 111 Å². The van der Waals surface area contributed by atoms with Crippen molar-refractivity contribution in [3.05, 3.63) is 58.6 Å². The first-order valence-corrected chi connectivity index (χ1v) is 7.21. The predicted molar refractivity (Wildman–Crippen MR) is 89.3 cm³/mol. The number of nitrogens with zero attached hydrogens (tertiary/aromatic N) is 1. The Hall–Kier alpha value is -3.06. The molecular formula is C16H14ClN3O4. The van der Waals surface area contributed by atoms with Crippen molar-refractivity contribution in [2.45, 2.75) is 0 Å². The van der Waals surface area contributed by atoms with Crippen LogP contribution in [0.25, 0.3) is 0 Å². The quantitative estimate of drug-likeness (QED) is 0.374. The molecule has 0 aliphatic heterocycles. The second-order valence-electron chi connectivity index (χ2n) is 4.73. The number of nitrogens with one attached hydrogen (secondary N) is 2. The minimum Gasteiger partial charge on any atom is -0.504 e. The monoisotopic (exact) mass is 347 g/mol. The molecule has 2 rings (SSSR count). The molecule has 0 unspecified atom stereocenters. The van der Waals surface area contributed by atoms with Crippen LogP contribution in [-0.4, -0.2) is 34.8 Å². The number of amides is 2. The maximum absolute atomic E-state index is 11.8. The summed E-state index contributed by atoms with van der Waals surface area (Å²) in [6.07, 6.45) is 1.29. The fraction of sp³-hybridized carbons (Fsp3) is 0.0625. The van der Waals surface area contributed by atoms with E-state index in [9.17, 15) is 19.8 Å². The molecule has 0 radical (unpaired) electrons. The number of carbonyl (C=O) groups excluding carboxylic acids is 2. The van der Waals surface area contributed by atoms with Crippen LogP contribution in [0.15, 0.2) is 47.6 Å². The van der Waals surface area contributed by atoms with Gasteiger partial charge in [0.2, 0.25) is 0 Å². The van der Waals surface area contributed by atoms with Gasteiger partial charge in [-0.2, -0.15) is 5.10 Å². The lowest BCUT2D eigenvalue weighted by atomic mass is 10.2. The largest absolute Gasteiger partial charge is 0.504 e. The van der Waals surface area contributed by atoms with Gasteiger partial charge in [0.05, 0.1) is 12.8 Å². The standard InChI is InChI=1S/C16H14ClN3O4/c17-12-4-2-11(3-5-12)16(24)18-9-15(23)20-19-8-10-1-6-13(21)14(22)7-10/h1-8,21-22H,9H2,(H,18,24)(H,20,23). The van der Waals surface area contributed by atoms with Crippen molar-refractivity contribution in [2.24, 2.45) is 5.10 Å². The van der Waals surface area contributed by atoms with Crippen LogP contribution in [0, 0.1) is 0 Å². The molecule has 0 atom stereocenters. The summed E-state index contributed by atoms with van der Waals surface area (Å²) in [5.41, 5.74) is 3.10. The fourth-order valence-electron chi connectivity index (χ4n) is 1.70. The van der Waals surface area contributed by atoms with Crippen LogP contribution in [0.2, 0.25) is 5.02 Å². The third kappa shape index (κ3) is 4.99. The number of phenolic OH excluding ortho intramolecular Hbond substituents is 2. The number of hydrogen-bond donors (Lipinski definition) is 4. The maximum atomic E-state index is 11.8. The average molecular weight is 348 g/mol. The summed E-state index contributed by atoms with van der Waals surface area (Å²) < 4.78 is 0. The van der Waals surface area contributed by atoms with E-state index in [2.05, 4.69) is 15.8 Å². The minimum absolute atomic E-state index is 0.249. The number of rotatable bonds is 5. The highest BCUT2D eigenvalue weighted by Gasteiger charge is 2.07. The summed E-state index contributed by atoms with van der Waals surface area (Å²) in [5, 5.41) is 25.1. The first kappa shape index (κ1) is 17.3. The smallest absolute Gasteiger partial charge is 0.259 e. The summed E-state index contributed by atoms with van der Waals surface area (Å²) in [6.45, 7) is -0.250. The molecule has 24 heavy (non-hydrogen) atoms. The second kappa shape index (κ2) is 7.98. The molecule has 2 amide bonds. The number of aromatic hydroxyl groups is 2. The molecule has 124 valence electrons. The van der Waals surface area contributed by atoms with E-state index in [-0.39, 0.29) is 18.0 Å². The molecule has 0 bridgehead atoms. The molecular weight excluding hydrogens is 334 g/mol. The molecule has 4 N–H and O–H groups in total. The summed E-state index contributed by atoms with van der Waals surface area (Å²) in [5.74, 6) is -1.47. The van der Waals surface area contributed by atoms with Gasteiger partial charge >= 0.3 is 0 Å². The number of hydrazone groups is 1. The third-order valence-electron chi connectivity index (χ3n) is 2.92. The van der Waals surface area contributed by atoms with E-state index in [1.54, 1.807) is 24.3 Å². The Morgan fingerprint density at radius 3 is 2.46 bits per heavy atom. The van der Waals surface area contributed by atoms with Gasteiger partial charge in [0.1, 0.15) is 0 Å². The van der Waals surface area contributed by atoms with Gasteiger partial charge < -0.3 is 15.5 Å². The van der Waals surface area contributed by atoms with Crippen LogP contribution in [-0.2, 0) is 4.79 Å². The lowest BCUT2D eigenvalue weighted by Gasteiger charge is -2.04. The molecule has 0 fully saturated rings. The van der Waals surface area contributed by atoms with Gasteiger partial charge in [0.15, 0.2) is 11.5 Å². The average Bonchev–Trinajstić information content (AvgIpc) is 2.56. The van der Waals surface area contributed by atoms with E-state index in [4.69, 9.17) is 11.6 Å². The maximum Gasteiger partial charge on any atom is 0.259 e. The first-order chi connectivity index (χ1) is 11.5. The van der Waals surface area contributed by atoms with Gasteiger partial charge in [-0.05, 0) is 48.0 Å². The van der Waals surface area contributed by atoms with Crippen molar-refractivity contribution in [1.29, 1.82) is 0 Å². The Kier molecular flexibility index (Phi) is 5.75. The number of hydrogen-bond acceptors (Lipinski definition) is 5. The van der Waals surface area contributed by atoms with Crippen LogP contribution >= 0.6 is 11.6 Å². The number of benzene rings is 2. The molecule has 0 aliphatic rings. The van der Waals surface area contributed by atoms with Crippen molar-refractivity contribution >= 4 is 29.6 Å². The number of carbonyl (C=O) groups is 2. The summed E-state index contributed by atoms with van der Waals surface area (Å²) in [6, 6.07) is 10.3. The predicted octanol–water partition coefficient (Wildman–Crippen LogP) is 1.63. The van der Waals surface area contributed by atoms with Crippen LogP contribution in [0.1, 0.15) is 15.9 Å². The molecule has 2 aromatic carbocycles. The van der Waals surface area contributed by atoms with Crippen LogP contribution in [0.4, 0.5) is 0 Å². The number of halogens is 1. The van der Waals surface area contributed by atoms with E-state index >= 15 is 0 Å². The van der Waals surface area contributed by atoms with Gasteiger partial charge in [-0.1, -0.05) is 11.6 Å². The molecule has 8 heteroatoms. The van der Waals surface area contributed by atoms with Gasteiger partial charge in [-0.25, -0.2) is 5.43 Å². The van der Waals surface area contributed by atoms with E-state index in [0.29, 0.717) is 16.1 Å². The Morgan fingerprint density at radius 2 is 1.79 bits per heavy atom. The van der Waals surface area contributed by atoms with E-state index in [0.717, 1.165) is 0 Å².